The lowest BCUT2D eigenvalue weighted by Crippen LogP contribution is -2.16. The maximum atomic E-state index is 12.3. The molecule has 3 rings (SSSR count). The number of nitrogens with one attached hydrogen (secondary N) is 1. The van der Waals surface area contributed by atoms with Crippen molar-refractivity contribution in [3.63, 3.8) is 0 Å². The molecule has 0 saturated heterocycles. The number of carbonyl (C=O) groups excluding carboxylic acids is 3. The third-order valence-corrected chi connectivity index (χ3v) is 5.33. The monoisotopic (exact) mass is 373 g/mol. The lowest BCUT2D eigenvalue weighted by molar-refractivity contribution is -0.114. The van der Waals surface area contributed by atoms with E-state index >= 15 is 0 Å². The topological polar surface area (TPSA) is 92.7 Å². The van der Waals surface area contributed by atoms with Crippen molar-refractivity contribution in [3.05, 3.63) is 45.1 Å². The Morgan fingerprint density at radius 3 is 2.77 bits per heavy atom. The first-order valence-electron chi connectivity index (χ1n) is 8.36. The van der Waals surface area contributed by atoms with Gasteiger partial charge < -0.3 is 15.2 Å². The van der Waals surface area contributed by atoms with Crippen molar-refractivity contribution in [1.82, 2.24) is 0 Å². The minimum atomic E-state index is -0.487. The number of hydrogen-bond acceptors (Lipinski definition) is 6. The largest absolute Gasteiger partial charge is 0.506 e. The molecule has 1 amide bonds. The number of amides is 1. The standard InChI is InChI=1S/C19H19NO5S/c1-11(21)20-15-8-12(6-7-16(15)22)17(23)9-25-19(24)14-10-26-18-5-3-2-4-13(14)18/h6-8,10,22H,2-5,9H2,1H3,(H,20,21). The van der Waals surface area contributed by atoms with Gasteiger partial charge in [-0.3, -0.25) is 9.59 Å². The fourth-order valence-electron chi connectivity index (χ4n) is 2.96. The number of hydrogen-bond donors (Lipinski definition) is 2. The highest BCUT2D eigenvalue weighted by Gasteiger charge is 2.22. The third-order valence-electron chi connectivity index (χ3n) is 4.24. The number of esters is 1. The van der Waals surface area contributed by atoms with Crippen molar-refractivity contribution in [2.24, 2.45) is 0 Å². The molecule has 0 fully saturated rings. The van der Waals surface area contributed by atoms with Crippen LogP contribution in [0.1, 0.15) is 50.9 Å². The summed E-state index contributed by atoms with van der Waals surface area (Å²) in [5.74, 6) is -1.40. The summed E-state index contributed by atoms with van der Waals surface area (Å²) in [4.78, 5) is 37.0. The molecule has 136 valence electrons. The van der Waals surface area contributed by atoms with E-state index in [2.05, 4.69) is 5.32 Å². The number of ketones is 1. The zero-order valence-corrected chi connectivity index (χ0v) is 15.1. The van der Waals surface area contributed by atoms with Gasteiger partial charge in [-0.15, -0.1) is 11.3 Å². The number of rotatable bonds is 5. The highest BCUT2D eigenvalue weighted by atomic mass is 32.1. The maximum Gasteiger partial charge on any atom is 0.339 e. The Bertz CT molecular complexity index is 871. The van der Waals surface area contributed by atoms with Crippen molar-refractivity contribution in [1.29, 1.82) is 0 Å². The Kier molecular flexibility index (Phi) is 5.37. The highest BCUT2D eigenvalue weighted by Crippen LogP contribution is 2.30. The predicted molar refractivity (Wildman–Crippen MR) is 98.0 cm³/mol. The molecule has 1 heterocycles. The maximum absolute atomic E-state index is 12.3. The van der Waals surface area contributed by atoms with Gasteiger partial charge in [0, 0.05) is 22.7 Å². The SMILES string of the molecule is CC(=O)Nc1cc(C(=O)COC(=O)c2csc3c2CCCC3)ccc1O. The number of Topliss-reactive ketones (excluding diaryl/α,β-unsaturated/α-hetero) is 1. The number of phenolic OH excluding ortho intramolecular Hbond substituents is 1. The molecule has 0 aliphatic heterocycles. The van der Waals surface area contributed by atoms with Gasteiger partial charge in [-0.25, -0.2) is 4.79 Å². The van der Waals surface area contributed by atoms with Gasteiger partial charge in [-0.05, 0) is 49.4 Å². The molecule has 7 heteroatoms. The predicted octanol–water partition coefficient (Wildman–Crippen LogP) is 3.33. The van der Waals surface area contributed by atoms with Crippen LogP contribution in [0.5, 0.6) is 5.75 Å². The molecule has 6 nitrogen and oxygen atoms in total. The summed E-state index contributed by atoms with van der Waals surface area (Å²) < 4.78 is 5.19. The molecular weight excluding hydrogens is 354 g/mol. The number of aromatic hydroxyl groups is 1. The molecule has 0 unspecified atom stereocenters. The van der Waals surface area contributed by atoms with E-state index in [4.69, 9.17) is 4.74 Å². The van der Waals surface area contributed by atoms with Gasteiger partial charge in [0.15, 0.2) is 12.4 Å². The molecule has 0 saturated carbocycles. The number of thiophene rings is 1. The number of benzene rings is 1. The van der Waals surface area contributed by atoms with Crippen LogP contribution < -0.4 is 5.32 Å². The average molecular weight is 373 g/mol. The summed E-state index contributed by atoms with van der Waals surface area (Å²) in [6.07, 6.45) is 4.06. The van der Waals surface area contributed by atoms with E-state index in [-0.39, 0.29) is 22.9 Å². The van der Waals surface area contributed by atoms with Crippen molar-refractivity contribution in [2.45, 2.75) is 32.6 Å². The van der Waals surface area contributed by atoms with Crippen LogP contribution in [0.2, 0.25) is 0 Å². The zero-order chi connectivity index (χ0) is 18.7. The van der Waals surface area contributed by atoms with Crippen LogP contribution in [0.3, 0.4) is 0 Å². The van der Waals surface area contributed by atoms with Crippen molar-refractivity contribution in [2.75, 3.05) is 11.9 Å². The molecule has 26 heavy (non-hydrogen) atoms. The van der Waals surface area contributed by atoms with E-state index < -0.39 is 18.4 Å². The van der Waals surface area contributed by atoms with E-state index in [1.807, 2.05) is 0 Å². The lowest BCUT2D eigenvalue weighted by atomic mass is 9.96. The number of aryl methyl sites for hydroxylation is 1. The van der Waals surface area contributed by atoms with Gasteiger partial charge in [0.1, 0.15) is 5.75 Å². The Morgan fingerprint density at radius 1 is 1.23 bits per heavy atom. The van der Waals surface area contributed by atoms with Crippen LogP contribution in [-0.2, 0) is 22.4 Å². The summed E-state index contributed by atoms with van der Waals surface area (Å²) in [7, 11) is 0. The van der Waals surface area contributed by atoms with Gasteiger partial charge in [0.25, 0.3) is 0 Å². The first-order valence-corrected chi connectivity index (χ1v) is 9.24. The zero-order valence-electron chi connectivity index (χ0n) is 14.3. The smallest absolute Gasteiger partial charge is 0.339 e. The fraction of sp³-hybridized carbons (Fsp3) is 0.316. The average Bonchev–Trinajstić information content (AvgIpc) is 3.05. The van der Waals surface area contributed by atoms with Crippen LogP contribution in [0.25, 0.3) is 0 Å². The molecule has 1 aliphatic rings. The minimum absolute atomic E-state index is 0.140. The third kappa shape index (κ3) is 3.94. The second-order valence-electron chi connectivity index (χ2n) is 6.17. The second-order valence-corrected chi connectivity index (χ2v) is 7.13. The van der Waals surface area contributed by atoms with Crippen molar-refractivity contribution < 1.29 is 24.2 Å². The van der Waals surface area contributed by atoms with Crippen molar-refractivity contribution >= 4 is 34.7 Å². The first-order chi connectivity index (χ1) is 12.5. The van der Waals surface area contributed by atoms with Crippen LogP contribution >= 0.6 is 11.3 Å². The van der Waals surface area contributed by atoms with Crippen LogP contribution in [0.15, 0.2) is 23.6 Å². The van der Waals surface area contributed by atoms with Crippen molar-refractivity contribution in [3.8, 4) is 5.75 Å². The molecule has 2 aromatic rings. The van der Waals surface area contributed by atoms with Crippen LogP contribution in [-0.4, -0.2) is 29.4 Å². The lowest BCUT2D eigenvalue weighted by Gasteiger charge is -2.12. The highest BCUT2D eigenvalue weighted by molar-refractivity contribution is 7.10. The number of ether oxygens (including phenoxy) is 1. The van der Waals surface area contributed by atoms with Gasteiger partial charge in [0.2, 0.25) is 5.91 Å². The molecular formula is C19H19NO5S. The first kappa shape index (κ1) is 18.1. The summed E-state index contributed by atoms with van der Waals surface area (Å²) in [5, 5.41) is 14.0. The van der Waals surface area contributed by atoms with Gasteiger partial charge in [0.05, 0.1) is 11.3 Å². The van der Waals surface area contributed by atoms with E-state index in [0.717, 1.165) is 31.2 Å². The van der Waals surface area contributed by atoms with E-state index in [1.54, 1.807) is 16.7 Å². The Balaban J connectivity index is 1.66. The molecule has 1 aromatic carbocycles. The number of phenols is 1. The second kappa shape index (κ2) is 7.70. The summed E-state index contributed by atoms with van der Waals surface area (Å²) in [6.45, 7) is 0.908. The summed E-state index contributed by atoms with van der Waals surface area (Å²) in [5.41, 5.74) is 1.99. The normalized spacial score (nSPS) is 13.0. The van der Waals surface area contributed by atoms with Gasteiger partial charge in [-0.2, -0.15) is 0 Å². The fourth-order valence-corrected chi connectivity index (χ4v) is 4.07. The molecule has 2 N–H and O–H groups in total. The Morgan fingerprint density at radius 2 is 2.00 bits per heavy atom. The Labute approximate surface area is 154 Å². The molecule has 0 bridgehead atoms. The van der Waals surface area contributed by atoms with Gasteiger partial charge in [-0.1, -0.05) is 0 Å². The molecule has 0 radical (unpaired) electrons. The number of fused-ring (bicyclic) bond motifs is 1. The summed E-state index contributed by atoms with van der Waals surface area (Å²) >= 11 is 1.57. The number of anilines is 1. The van der Waals surface area contributed by atoms with E-state index in [9.17, 15) is 19.5 Å². The minimum Gasteiger partial charge on any atom is -0.506 e. The molecule has 1 aliphatic carbocycles. The molecule has 1 aromatic heterocycles. The van der Waals surface area contributed by atoms with E-state index in [1.165, 1.54) is 30.0 Å². The Hall–Kier alpha value is -2.67. The van der Waals surface area contributed by atoms with Crippen LogP contribution in [0, 0.1) is 0 Å². The number of carbonyl (C=O) groups is 3. The molecule has 0 atom stereocenters. The van der Waals surface area contributed by atoms with Crippen LogP contribution in [0.4, 0.5) is 5.69 Å². The van der Waals surface area contributed by atoms with E-state index in [0.29, 0.717) is 5.56 Å². The summed E-state index contributed by atoms with van der Waals surface area (Å²) in [6, 6.07) is 4.10. The van der Waals surface area contributed by atoms with Gasteiger partial charge >= 0.3 is 5.97 Å². The quantitative estimate of drug-likeness (QED) is 0.476. The molecule has 0 spiro atoms.